The summed E-state index contributed by atoms with van der Waals surface area (Å²) in [5, 5.41) is 13.0. The van der Waals surface area contributed by atoms with Gasteiger partial charge in [-0.1, -0.05) is 6.07 Å². The molecule has 1 aromatic heterocycles. The lowest BCUT2D eigenvalue weighted by molar-refractivity contribution is -0.147. The van der Waals surface area contributed by atoms with E-state index in [4.69, 9.17) is 5.11 Å². The molecule has 0 atom stereocenters. The lowest BCUT2D eigenvalue weighted by Crippen LogP contribution is -2.51. The number of rotatable bonds is 5. The second-order valence-electron chi connectivity index (χ2n) is 5.98. The number of carbonyl (C=O) groups is 2. The van der Waals surface area contributed by atoms with E-state index in [1.165, 1.54) is 4.90 Å². The summed E-state index contributed by atoms with van der Waals surface area (Å²) in [5.74, 6) is -1.10. The van der Waals surface area contributed by atoms with Crippen molar-refractivity contribution in [2.24, 2.45) is 0 Å². The van der Waals surface area contributed by atoms with Crippen LogP contribution in [0.1, 0.15) is 11.1 Å². The van der Waals surface area contributed by atoms with Gasteiger partial charge < -0.3 is 10.0 Å². The van der Waals surface area contributed by atoms with Gasteiger partial charge in [-0.15, -0.1) is 0 Å². The van der Waals surface area contributed by atoms with Crippen molar-refractivity contribution < 1.29 is 14.7 Å². The monoisotopic (exact) mass is 328 g/mol. The number of carboxylic acid groups (broad SMARTS) is 1. The zero-order valence-corrected chi connectivity index (χ0v) is 13.6. The number of aryl methyl sites for hydroxylation is 1. The van der Waals surface area contributed by atoms with Gasteiger partial charge in [0.15, 0.2) is 0 Å². The van der Waals surface area contributed by atoms with E-state index in [0.29, 0.717) is 19.6 Å². The number of amides is 1. The minimum absolute atomic E-state index is 0.130. The summed E-state index contributed by atoms with van der Waals surface area (Å²) < 4.78 is 1.81. The van der Waals surface area contributed by atoms with Crippen LogP contribution in [-0.2, 0) is 16.1 Å². The van der Waals surface area contributed by atoms with Crippen molar-refractivity contribution in [1.82, 2.24) is 19.6 Å². The molecule has 1 saturated heterocycles. The molecule has 0 unspecified atom stereocenters. The van der Waals surface area contributed by atoms with Crippen LogP contribution in [0.4, 0.5) is 0 Å². The van der Waals surface area contributed by atoms with E-state index in [1.54, 1.807) is 6.20 Å². The Hall–Kier alpha value is -2.67. The number of piperazine rings is 1. The zero-order chi connectivity index (χ0) is 17.1. The van der Waals surface area contributed by atoms with Gasteiger partial charge in [0.25, 0.3) is 0 Å². The van der Waals surface area contributed by atoms with Crippen LogP contribution in [0.2, 0.25) is 0 Å². The van der Waals surface area contributed by atoms with Crippen LogP contribution < -0.4 is 0 Å². The summed E-state index contributed by atoms with van der Waals surface area (Å²) in [6, 6.07) is 8.02. The lowest BCUT2D eigenvalue weighted by Gasteiger charge is -2.33. The molecule has 0 spiro atoms. The topological polar surface area (TPSA) is 78.7 Å². The van der Waals surface area contributed by atoms with Crippen LogP contribution in [-0.4, -0.2) is 62.7 Å². The van der Waals surface area contributed by atoms with Crippen LogP contribution >= 0.6 is 0 Å². The molecule has 2 aromatic rings. The van der Waals surface area contributed by atoms with Crippen LogP contribution in [0.25, 0.3) is 5.69 Å². The Balaban J connectivity index is 1.65. The Morgan fingerprint density at radius 1 is 1.33 bits per heavy atom. The molecule has 1 N–H and O–H groups in total. The number of benzene rings is 1. The first kappa shape index (κ1) is 16.2. The first-order valence-electron chi connectivity index (χ1n) is 7.84. The van der Waals surface area contributed by atoms with Crippen molar-refractivity contribution in [3.05, 3.63) is 47.8 Å². The third-order valence-electron chi connectivity index (χ3n) is 4.21. The molecule has 0 saturated carbocycles. The van der Waals surface area contributed by atoms with Crippen LogP contribution in [0.3, 0.4) is 0 Å². The van der Waals surface area contributed by atoms with Crippen LogP contribution in [0, 0.1) is 6.92 Å². The number of aliphatic carboxylic acids is 1. The molecule has 0 bridgehead atoms. The predicted molar refractivity (Wildman–Crippen MR) is 87.8 cm³/mol. The van der Waals surface area contributed by atoms with Crippen molar-refractivity contribution >= 4 is 11.9 Å². The Morgan fingerprint density at radius 2 is 2.17 bits per heavy atom. The SMILES string of the molecule is Cc1cc(-n2cccn2)ccc1CN1CCN(CC(=O)O)C(=O)C1. The molecule has 7 nitrogen and oxygen atoms in total. The summed E-state index contributed by atoms with van der Waals surface area (Å²) in [7, 11) is 0. The number of hydrogen-bond acceptors (Lipinski definition) is 4. The van der Waals surface area contributed by atoms with Crippen molar-refractivity contribution in [2.75, 3.05) is 26.2 Å². The fourth-order valence-electron chi connectivity index (χ4n) is 2.89. The largest absolute Gasteiger partial charge is 0.480 e. The van der Waals surface area contributed by atoms with Gasteiger partial charge in [0.05, 0.1) is 12.2 Å². The van der Waals surface area contributed by atoms with Crippen LogP contribution in [0.15, 0.2) is 36.7 Å². The first-order chi connectivity index (χ1) is 11.5. The van der Waals surface area contributed by atoms with Gasteiger partial charge in [-0.05, 0) is 36.2 Å². The van der Waals surface area contributed by atoms with Gasteiger partial charge in [-0.25, -0.2) is 4.68 Å². The van der Waals surface area contributed by atoms with E-state index in [-0.39, 0.29) is 19.0 Å². The molecule has 2 heterocycles. The van der Waals surface area contributed by atoms with E-state index >= 15 is 0 Å². The van der Waals surface area contributed by atoms with E-state index in [2.05, 4.69) is 22.1 Å². The van der Waals surface area contributed by atoms with Gasteiger partial charge in [0.2, 0.25) is 5.91 Å². The highest BCUT2D eigenvalue weighted by atomic mass is 16.4. The normalized spacial score (nSPS) is 15.7. The molecule has 1 amide bonds. The van der Waals surface area contributed by atoms with Crippen molar-refractivity contribution in [1.29, 1.82) is 0 Å². The number of hydrogen-bond donors (Lipinski definition) is 1. The lowest BCUT2D eigenvalue weighted by atomic mass is 10.1. The van der Waals surface area contributed by atoms with E-state index in [0.717, 1.165) is 16.8 Å². The van der Waals surface area contributed by atoms with Crippen molar-refractivity contribution in [3.63, 3.8) is 0 Å². The van der Waals surface area contributed by atoms with Gasteiger partial charge in [-0.3, -0.25) is 14.5 Å². The minimum Gasteiger partial charge on any atom is -0.480 e. The molecule has 1 fully saturated rings. The number of carboxylic acids is 1. The Morgan fingerprint density at radius 3 is 2.79 bits per heavy atom. The van der Waals surface area contributed by atoms with E-state index in [9.17, 15) is 9.59 Å². The predicted octanol–water partition coefficient (Wildman–Crippen LogP) is 0.910. The Bertz CT molecular complexity index is 742. The quantitative estimate of drug-likeness (QED) is 0.883. The smallest absolute Gasteiger partial charge is 0.323 e. The van der Waals surface area contributed by atoms with Gasteiger partial charge in [0.1, 0.15) is 6.54 Å². The van der Waals surface area contributed by atoms with E-state index < -0.39 is 5.97 Å². The fourth-order valence-corrected chi connectivity index (χ4v) is 2.89. The summed E-state index contributed by atoms with van der Waals surface area (Å²) >= 11 is 0. The maximum atomic E-state index is 12.0. The summed E-state index contributed by atoms with van der Waals surface area (Å²) in [6.45, 7) is 3.90. The molecular formula is C17H20N4O3. The molecule has 3 rings (SSSR count). The molecule has 0 aliphatic carbocycles. The Kier molecular flexibility index (Phi) is 4.61. The third-order valence-corrected chi connectivity index (χ3v) is 4.21. The van der Waals surface area contributed by atoms with Crippen molar-refractivity contribution in [3.8, 4) is 5.69 Å². The second kappa shape index (κ2) is 6.84. The molecule has 7 heteroatoms. The highest BCUT2D eigenvalue weighted by Gasteiger charge is 2.25. The van der Waals surface area contributed by atoms with Gasteiger partial charge in [-0.2, -0.15) is 5.10 Å². The third kappa shape index (κ3) is 3.62. The average molecular weight is 328 g/mol. The maximum Gasteiger partial charge on any atom is 0.323 e. The molecule has 1 aliphatic heterocycles. The molecule has 126 valence electrons. The van der Waals surface area contributed by atoms with Crippen molar-refractivity contribution in [2.45, 2.75) is 13.5 Å². The summed E-state index contributed by atoms with van der Waals surface area (Å²) in [5.41, 5.74) is 3.30. The molecule has 0 radical (unpaired) electrons. The second-order valence-corrected chi connectivity index (χ2v) is 5.98. The van der Waals surface area contributed by atoms with Crippen LogP contribution in [0.5, 0.6) is 0 Å². The number of aromatic nitrogens is 2. The standard InChI is InChI=1S/C17H20N4O3/c1-13-9-15(21-6-2-5-18-21)4-3-14(13)10-19-7-8-20(12-17(23)24)16(22)11-19/h2-6,9H,7-8,10-12H2,1H3,(H,23,24). The fraction of sp³-hybridized carbons (Fsp3) is 0.353. The molecule has 1 aliphatic rings. The van der Waals surface area contributed by atoms with E-state index in [1.807, 2.05) is 29.9 Å². The first-order valence-corrected chi connectivity index (χ1v) is 7.84. The maximum absolute atomic E-state index is 12.0. The molecule has 24 heavy (non-hydrogen) atoms. The highest BCUT2D eigenvalue weighted by Crippen LogP contribution is 2.17. The van der Waals surface area contributed by atoms with Gasteiger partial charge in [0, 0.05) is 32.0 Å². The number of carbonyl (C=O) groups excluding carboxylic acids is 1. The summed E-state index contributed by atoms with van der Waals surface area (Å²) in [4.78, 5) is 26.2. The highest BCUT2D eigenvalue weighted by molar-refractivity contribution is 5.83. The molecule has 1 aromatic carbocycles. The zero-order valence-electron chi connectivity index (χ0n) is 13.6. The van der Waals surface area contributed by atoms with Gasteiger partial charge >= 0.3 is 5.97 Å². The number of nitrogens with zero attached hydrogens (tertiary/aromatic N) is 4. The minimum atomic E-state index is -0.971. The average Bonchev–Trinajstić information content (AvgIpc) is 3.06. The summed E-state index contributed by atoms with van der Waals surface area (Å²) in [6.07, 6.45) is 3.64. The molecular weight excluding hydrogens is 308 g/mol. The Labute approximate surface area is 140 Å².